The maximum Gasteiger partial charge on any atom is 0.110 e. The van der Waals surface area contributed by atoms with Gasteiger partial charge in [0.05, 0.1) is 12.7 Å². The van der Waals surface area contributed by atoms with E-state index in [2.05, 4.69) is 0 Å². The molecule has 0 rings (SSSR count). The van der Waals surface area contributed by atoms with Crippen molar-refractivity contribution in [2.75, 3.05) is 13.2 Å². The number of rotatable bonds is 6. The summed E-state index contributed by atoms with van der Waals surface area (Å²) in [7, 11) is 0. The van der Waals surface area contributed by atoms with Crippen LogP contribution >= 0.6 is 0 Å². The van der Waals surface area contributed by atoms with Gasteiger partial charge in [0.1, 0.15) is 18.3 Å². The van der Waals surface area contributed by atoms with Crippen molar-refractivity contribution in [2.45, 2.75) is 31.3 Å². The number of hydrogen-bond donors (Lipinski definition) is 6. The van der Waals surface area contributed by atoms with E-state index in [4.69, 9.17) is 15.3 Å². The molecule has 0 saturated carbocycles. The number of aliphatic hydroxyl groups is 6. The largest absolute Gasteiger partial charge is 0.396 e. The predicted octanol–water partition coefficient (Wildman–Crippen LogP) is -2.95. The molecule has 0 aliphatic rings. The first-order valence-corrected chi connectivity index (χ1v) is 4.39. The molecule has 6 heteroatoms. The first-order chi connectivity index (χ1) is 6.45. The van der Waals surface area contributed by atoms with E-state index >= 15 is 0 Å². The van der Waals surface area contributed by atoms with Crippen molar-refractivity contribution in [1.29, 1.82) is 0 Å². The zero-order valence-corrected chi connectivity index (χ0v) is 7.98. The summed E-state index contributed by atoms with van der Waals surface area (Å²) in [4.78, 5) is 0. The molecule has 0 bridgehead atoms. The minimum atomic E-state index is -1.64. The van der Waals surface area contributed by atoms with Crippen LogP contribution in [0.3, 0.4) is 0 Å². The fourth-order valence-corrected chi connectivity index (χ4v) is 0.982. The predicted molar refractivity (Wildman–Crippen MR) is 47.4 cm³/mol. The van der Waals surface area contributed by atoms with E-state index in [9.17, 15) is 15.3 Å². The van der Waals surface area contributed by atoms with Crippen molar-refractivity contribution < 1.29 is 30.6 Å². The van der Waals surface area contributed by atoms with Crippen LogP contribution in [-0.4, -0.2) is 68.3 Å². The average molecular weight is 210 g/mol. The Kier molecular flexibility index (Phi) is 6.17. The van der Waals surface area contributed by atoms with Crippen LogP contribution in [0.15, 0.2) is 0 Å². The van der Waals surface area contributed by atoms with Crippen molar-refractivity contribution in [3.05, 3.63) is 0 Å². The molecule has 0 radical (unpaired) electrons. The van der Waals surface area contributed by atoms with Crippen LogP contribution < -0.4 is 0 Å². The second kappa shape index (κ2) is 6.28. The smallest absolute Gasteiger partial charge is 0.110 e. The van der Waals surface area contributed by atoms with Gasteiger partial charge in [-0.3, -0.25) is 0 Å². The molecule has 0 saturated heterocycles. The van der Waals surface area contributed by atoms with E-state index in [0.29, 0.717) is 0 Å². The molecule has 6 nitrogen and oxygen atoms in total. The Morgan fingerprint density at radius 2 is 1.29 bits per heavy atom. The molecule has 5 atom stereocenters. The third-order valence-electron chi connectivity index (χ3n) is 2.15. The lowest BCUT2D eigenvalue weighted by molar-refractivity contribution is -0.129. The van der Waals surface area contributed by atoms with E-state index in [-0.39, 0.29) is 6.61 Å². The van der Waals surface area contributed by atoms with Crippen LogP contribution in [0.2, 0.25) is 0 Å². The van der Waals surface area contributed by atoms with E-state index in [1.54, 1.807) is 0 Å². The van der Waals surface area contributed by atoms with Gasteiger partial charge in [0.2, 0.25) is 0 Å². The molecule has 6 N–H and O–H groups in total. The Bertz CT molecular complexity index is 137. The maximum atomic E-state index is 9.34. The van der Waals surface area contributed by atoms with Gasteiger partial charge in [-0.25, -0.2) is 0 Å². The zero-order chi connectivity index (χ0) is 11.3. The average Bonchev–Trinajstić information content (AvgIpc) is 2.23. The molecular formula is C8H18O6. The van der Waals surface area contributed by atoms with Gasteiger partial charge in [-0.05, 0) is 0 Å². The second-order valence-corrected chi connectivity index (χ2v) is 3.38. The summed E-state index contributed by atoms with van der Waals surface area (Å²) in [5.41, 5.74) is 0. The Balaban J connectivity index is 4.22. The molecule has 86 valence electrons. The Labute approximate surface area is 82.1 Å². The first kappa shape index (κ1) is 13.8. The monoisotopic (exact) mass is 210 g/mol. The van der Waals surface area contributed by atoms with Crippen LogP contribution in [0.4, 0.5) is 0 Å². The second-order valence-electron chi connectivity index (χ2n) is 3.38. The van der Waals surface area contributed by atoms with Gasteiger partial charge >= 0.3 is 0 Å². The summed E-state index contributed by atoms with van der Waals surface area (Å²) in [6.07, 6.45) is -6.09. The highest BCUT2D eigenvalue weighted by atomic mass is 16.4. The van der Waals surface area contributed by atoms with Crippen LogP contribution in [-0.2, 0) is 0 Å². The first-order valence-electron chi connectivity index (χ1n) is 4.39. The van der Waals surface area contributed by atoms with Gasteiger partial charge in [0.25, 0.3) is 0 Å². The fourth-order valence-electron chi connectivity index (χ4n) is 0.982. The van der Waals surface area contributed by atoms with E-state index in [1.807, 2.05) is 0 Å². The highest BCUT2D eigenvalue weighted by molar-refractivity contribution is 4.82. The van der Waals surface area contributed by atoms with Crippen molar-refractivity contribution >= 4 is 0 Å². The third-order valence-corrected chi connectivity index (χ3v) is 2.15. The van der Waals surface area contributed by atoms with Gasteiger partial charge in [0, 0.05) is 12.5 Å². The molecule has 0 aliphatic heterocycles. The molecule has 0 heterocycles. The lowest BCUT2D eigenvalue weighted by atomic mass is 9.95. The third kappa shape index (κ3) is 3.49. The Morgan fingerprint density at radius 1 is 0.786 bits per heavy atom. The molecule has 14 heavy (non-hydrogen) atoms. The standard InChI is InChI=1S/C8H18O6/c1-4(2-9)6(12)8(14)7(13)5(11)3-10/h4-14H,2-3H2,1H3. The summed E-state index contributed by atoms with van der Waals surface area (Å²) < 4.78 is 0. The normalized spacial score (nSPS) is 22.5. The summed E-state index contributed by atoms with van der Waals surface area (Å²) in [6, 6.07) is 0. The Morgan fingerprint density at radius 3 is 1.64 bits per heavy atom. The van der Waals surface area contributed by atoms with Crippen LogP contribution in [0.5, 0.6) is 0 Å². The van der Waals surface area contributed by atoms with Crippen molar-refractivity contribution in [2.24, 2.45) is 5.92 Å². The SMILES string of the molecule is CC(CO)C(O)C(O)C(O)C(O)CO. The van der Waals surface area contributed by atoms with Crippen molar-refractivity contribution in [3.8, 4) is 0 Å². The molecule has 0 aromatic heterocycles. The number of aliphatic hydroxyl groups excluding tert-OH is 6. The minimum Gasteiger partial charge on any atom is -0.396 e. The van der Waals surface area contributed by atoms with E-state index in [0.717, 1.165) is 0 Å². The lowest BCUT2D eigenvalue weighted by Crippen LogP contribution is -2.48. The van der Waals surface area contributed by atoms with Crippen LogP contribution in [0, 0.1) is 5.92 Å². The topological polar surface area (TPSA) is 121 Å². The summed E-state index contributed by atoms with van der Waals surface area (Å²) in [6.45, 7) is 0.421. The summed E-state index contributed by atoms with van der Waals surface area (Å²) in [5, 5.41) is 54.0. The maximum absolute atomic E-state index is 9.34. The van der Waals surface area contributed by atoms with E-state index < -0.39 is 36.9 Å². The van der Waals surface area contributed by atoms with Gasteiger partial charge < -0.3 is 30.6 Å². The molecule has 0 aliphatic carbocycles. The lowest BCUT2D eigenvalue weighted by Gasteiger charge is -2.28. The summed E-state index contributed by atoms with van der Waals surface area (Å²) >= 11 is 0. The number of hydrogen-bond acceptors (Lipinski definition) is 6. The molecule has 5 unspecified atom stereocenters. The minimum absolute atomic E-state index is 0.347. The highest BCUT2D eigenvalue weighted by Crippen LogP contribution is 2.12. The van der Waals surface area contributed by atoms with E-state index in [1.165, 1.54) is 6.92 Å². The van der Waals surface area contributed by atoms with Gasteiger partial charge in [-0.1, -0.05) is 6.92 Å². The van der Waals surface area contributed by atoms with Crippen molar-refractivity contribution in [3.63, 3.8) is 0 Å². The quantitative estimate of drug-likeness (QED) is 0.279. The molecule has 0 aromatic rings. The van der Waals surface area contributed by atoms with Crippen LogP contribution in [0.1, 0.15) is 6.92 Å². The van der Waals surface area contributed by atoms with Gasteiger partial charge in [-0.2, -0.15) is 0 Å². The van der Waals surface area contributed by atoms with Crippen LogP contribution in [0.25, 0.3) is 0 Å². The molecule has 0 aromatic carbocycles. The van der Waals surface area contributed by atoms with Gasteiger partial charge in [-0.15, -0.1) is 0 Å². The van der Waals surface area contributed by atoms with Gasteiger partial charge in [0.15, 0.2) is 0 Å². The molecule has 0 spiro atoms. The molecular weight excluding hydrogens is 192 g/mol. The molecule has 0 amide bonds. The summed E-state index contributed by atoms with van der Waals surface area (Å²) in [5.74, 6) is -0.620. The zero-order valence-electron chi connectivity index (χ0n) is 7.98. The fraction of sp³-hybridized carbons (Fsp3) is 1.00. The van der Waals surface area contributed by atoms with Crippen molar-refractivity contribution in [1.82, 2.24) is 0 Å². The highest BCUT2D eigenvalue weighted by Gasteiger charge is 2.32. The molecule has 0 fully saturated rings. The Hall–Kier alpha value is -0.240.